The molecule has 136 valence electrons. The molecule has 0 bridgehead atoms. The van der Waals surface area contributed by atoms with Crippen LogP contribution in [0.15, 0.2) is 48.6 Å². The fourth-order valence-electron chi connectivity index (χ4n) is 2.15. The number of allylic oxidation sites excluding steroid dienone is 6. The van der Waals surface area contributed by atoms with Crippen LogP contribution >= 0.6 is 0 Å². The maximum atomic E-state index is 10.8. The van der Waals surface area contributed by atoms with Crippen LogP contribution in [0.3, 0.4) is 0 Å². The Morgan fingerprint density at radius 1 is 1.08 bits per heavy atom. The van der Waals surface area contributed by atoms with E-state index in [1.807, 2.05) is 19.1 Å². The lowest BCUT2D eigenvalue weighted by atomic mass is 10.0. The topological polar surface area (TPSA) is 77.8 Å². The predicted octanol–water partition coefficient (Wildman–Crippen LogP) is 3.24. The second-order valence-corrected chi connectivity index (χ2v) is 6.27. The van der Waals surface area contributed by atoms with Crippen LogP contribution < -0.4 is 0 Å². The van der Waals surface area contributed by atoms with Gasteiger partial charge in [-0.1, -0.05) is 62.0 Å². The largest absolute Gasteiger partial charge is 0.390 e. The van der Waals surface area contributed by atoms with Crippen molar-refractivity contribution in [3.63, 3.8) is 0 Å². The van der Waals surface area contributed by atoms with Gasteiger partial charge in [0.25, 0.3) is 0 Å². The molecule has 0 aliphatic rings. The van der Waals surface area contributed by atoms with Gasteiger partial charge < -0.3 is 20.1 Å². The number of aliphatic hydroxyl groups is 3. The summed E-state index contributed by atoms with van der Waals surface area (Å²) in [7, 11) is 0. The van der Waals surface area contributed by atoms with Gasteiger partial charge in [0.2, 0.25) is 0 Å². The zero-order valence-corrected chi connectivity index (χ0v) is 15.1. The van der Waals surface area contributed by atoms with Gasteiger partial charge in [-0.3, -0.25) is 0 Å². The first-order valence-corrected chi connectivity index (χ1v) is 8.56. The summed E-state index contributed by atoms with van der Waals surface area (Å²) < 4.78 is 0. The van der Waals surface area contributed by atoms with E-state index >= 15 is 0 Å². The number of Topliss-reactive ketones (excluding diaryl/α,β-unsaturated/α-hetero) is 1. The molecular weight excluding hydrogens is 304 g/mol. The Morgan fingerprint density at radius 2 is 1.67 bits per heavy atom. The molecule has 0 spiro atoms. The summed E-state index contributed by atoms with van der Waals surface area (Å²) in [5.74, 6) is 0.0900. The Balaban J connectivity index is 4.11. The van der Waals surface area contributed by atoms with E-state index in [0.717, 1.165) is 12.8 Å². The number of ketones is 1. The molecule has 4 heteroatoms. The van der Waals surface area contributed by atoms with Crippen LogP contribution in [0.1, 0.15) is 52.9 Å². The molecule has 0 aliphatic heterocycles. The van der Waals surface area contributed by atoms with Crippen molar-refractivity contribution in [3.8, 4) is 0 Å². The first-order valence-electron chi connectivity index (χ1n) is 8.56. The van der Waals surface area contributed by atoms with Crippen molar-refractivity contribution >= 4 is 5.78 Å². The number of rotatable bonds is 12. The molecule has 3 N–H and O–H groups in total. The molecule has 0 aromatic heterocycles. The molecule has 0 rings (SSSR count). The smallest absolute Gasteiger partial charge is 0.129 e. The fourth-order valence-corrected chi connectivity index (χ4v) is 2.15. The summed E-state index contributed by atoms with van der Waals surface area (Å²) in [6.45, 7) is 5.32. The second kappa shape index (κ2) is 12.9. The summed E-state index contributed by atoms with van der Waals surface area (Å²) in [5, 5.41) is 29.4. The normalized spacial score (nSPS) is 17.9. The molecule has 1 unspecified atom stereocenters. The zero-order chi connectivity index (χ0) is 18.4. The maximum absolute atomic E-state index is 10.8. The van der Waals surface area contributed by atoms with Gasteiger partial charge in [-0.15, -0.1) is 0 Å². The third-order valence-corrected chi connectivity index (χ3v) is 3.50. The summed E-state index contributed by atoms with van der Waals surface area (Å²) in [6.07, 6.45) is 15.2. The third kappa shape index (κ3) is 13.0. The SMILES string of the molecule is CCCC(C)(O)/C=C/C=C\C=C\C=C\[C@@H](O)[C@@H](O)CCCC(C)=O. The molecule has 3 atom stereocenters. The van der Waals surface area contributed by atoms with Crippen LogP contribution in [-0.4, -0.2) is 38.9 Å². The fraction of sp³-hybridized carbons (Fsp3) is 0.550. The van der Waals surface area contributed by atoms with Gasteiger partial charge in [0, 0.05) is 6.42 Å². The van der Waals surface area contributed by atoms with Gasteiger partial charge in [-0.25, -0.2) is 0 Å². The molecule has 0 heterocycles. The maximum Gasteiger partial charge on any atom is 0.129 e. The first-order chi connectivity index (χ1) is 11.3. The van der Waals surface area contributed by atoms with Crippen LogP contribution in [0.4, 0.5) is 0 Å². The minimum Gasteiger partial charge on any atom is -0.390 e. The highest BCUT2D eigenvalue weighted by Gasteiger charge is 2.13. The first kappa shape index (κ1) is 22.5. The highest BCUT2D eigenvalue weighted by atomic mass is 16.3. The van der Waals surface area contributed by atoms with Crippen molar-refractivity contribution in [1.29, 1.82) is 0 Å². The third-order valence-electron chi connectivity index (χ3n) is 3.50. The molecule has 24 heavy (non-hydrogen) atoms. The predicted molar refractivity (Wildman–Crippen MR) is 98.6 cm³/mol. The molecule has 0 aliphatic carbocycles. The van der Waals surface area contributed by atoms with Crippen LogP contribution in [0.25, 0.3) is 0 Å². The lowest BCUT2D eigenvalue weighted by Crippen LogP contribution is -2.23. The van der Waals surface area contributed by atoms with Crippen LogP contribution in [-0.2, 0) is 4.79 Å². The van der Waals surface area contributed by atoms with Gasteiger partial charge in [0.15, 0.2) is 0 Å². The average Bonchev–Trinajstić information content (AvgIpc) is 2.49. The van der Waals surface area contributed by atoms with Crippen molar-refractivity contribution in [1.82, 2.24) is 0 Å². The van der Waals surface area contributed by atoms with E-state index in [4.69, 9.17) is 0 Å². The van der Waals surface area contributed by atoms with Crippen molar-refractivity contribution < 1.29 is 20.1 Å². The lowest BCUT2D eigenvalue weighted by Gasteiger charge is -2.16. The summed E-state index contributed by atoms with van der Waals surface area (Å²) in [6, 6.07) is 0. The van der Waals surface area contributed by atoms with E-state index in [9.17, 15) is 20.1 Å². The quantitative estimate of drug-likeness (QED) is 0.478. The van der Waals surface area contributed by atoms with E-state index in [2.05, 4.69) is 0 Å². The lowest BCUT2D eigenvalue weighted by molar-refractivity contribution is -0.117. The summed E-state index contributed by atoms with van der Waals surface area (Å²) in [5.41, 5.74) is -0.772. The standard InChI is InChI=1S/C20H32O4/c1-4-15-20(3,24)16-10-8-6-5-7-9-13-18(22)19(23)14-11-12-17(2)21/h5-10,13,16,18-19,22-24H,4,11-12,14-15H2,1-3H3/b7-5+,8-6-,13-9+,16-10+/t18-,19+,20?/m1/s1. The molecule has 0 radical (unpaired) electrons. The van der Waals surface area contributed by atoms with Gasteiger partial charge >= 0.3 is 0 Å². The number of aliphatic hydroxyl groups excluding tert-OH is 2. The van der Waals surface area contributed by atoms with Gasteiger partial charge in [-0.05, 0) is 33.1 Å². The molecule has 0 saturated heterocycles. The Morgan fingerprint density at radius 3 is 2.25 bits per heavy atom. The average molecular weight is 336 g/mol. The van der Waals surface area contributed by atoms with Gasteiger partial charge in [0.1, 0.15) is 5.78 Å². The van der Waals surface area contributed by atoms with Crippen LogP contribution in [0, 0.1) is 0 Å². The summed E-state index contributed by atoms with van der Waals surface area (Å²) >= 11 is 0. The minimum atomic E-state index is -0.936. The molecule has 0 aromatic rings. The van der Waals surface area contributed by atoms with Gasteiger partial charge in [-0.2, -0.15) is 0 Å². The van der Waals surface area contributed by atoms with E-state index in [0.29, 0.717) is 19.3 Å². The Hall–Kier alpha value is -1.49. The Labute approximate surface area is 145 Å². The highest BCUT2D eigenvalue weighted by Crippen LogP contribution is 2.13. The summed E-state index contributed by atoms with van der Waals surface area (Å²) in [4.78, 5) is 10.8. The Kier molecular flexibility index (Phi) is 12.1. The van der Waals surface area contributed by atoms with Gasteiger partial charge in [0.05, 0.1) is 17.8 Å². The van der Waals surface area contributed by atoms with Crippen molar-refractivity contribution in [2.75, 3.05) is 0 Å². The molecule has 4 nitrogen and oxygen atoms in total. The molecular formula is C20H32O4. The number of hydrogen-bond acceptors (Lipinski definition) is 4. The van der Waals surface area contributed by atoms with E-state index < -0.39 is 17.8 Å². The van der Waals surface area contributed by atoms with E-state index in [1.54, 1.807) is 37.3 Å². The molecule has 0 fully saturated rings. The molecule has 0 amide bonds. The van der Waals surface area contributed by atoms with Crippen molar-refractivity contribution in [2.45, 2.75) is 70.7 Å². The highest BCUT2D eigenvalue weighted by molar-refractivity contribution is 5.75. The molecule has 0 saturated carbocycles. The number of hydrogen-bond donors (Lipinski definition) is 3. The molecule has 0 aromatic carbocycles. The monoisotopic (exact) mass is 336 g/mol. The van der Waals surface area contributed by atoms with Crippen molar-refractivity contribution in [3.05, 3.63) is 48.6 Å². The van der Waals surface area contributed by atoms with Crippen LogP contribution in [0.2, 0.25) is 0 Å². The number of carbonyl (C=O) groups is 1. The number of carbonyl (C=O) groups excluding carboxylic acids is 1. The van der Waals surface area contributed by atoms with Crippen LogP contribution in [0.5, 0.6) is 0 Å². The zero-order valence-electron chi connectivity index (χ0n) is 15.1. The Bertz CT molecular complexity index is 458. The second-order valence-electron chi connectivity index (χ2n) is 6.27. The van der Waals surface area contributed by atoms with E-state index in [1.165, 1.54) is 13.0 Å². The van der Waals surface area contributed by atoms with Crippen molar-refractivity contribution in [2.24, 2.45) is 0 Å². The van der Waals surface area contributed by atoms with E-state index in [-0.39, 0.29) is 5.78 Å². The minimum absolute atomic E-state index is 0.0900.